The zero-order chi connectivity index (χ0) is 29.1. The molecule has 0 aromatic heterocycles. The van der Waals surface area contributed by atoms with Crippen molar-refractivity contribution in [3.05, 3.63) is 53.6 Å². The molecule has 1 aromatic carbocycles. The van der Waals surface area contributed by atoms with Crippen LogP contribution < -0.4 is 0 Å². The van der Waals surface area contributed by atoms with E-state index in [0.717, 1.165) is 11.1 Å². The van der Waals surface area contributed by atoms with Gasteiger partial charge in [-0.3, -0.25) is 4.79 Å². The summed E-state index contributed by atoms with van der Waals surface area (Å²) < 4.78 is 11.6. The van der Waals surface area contributed by atoms with Crippen LogP contribution in [0.5, 0.6) is 0 Å². The highest BCUT2D eigenvalue weighted by Gasteiger charge is 2.81. The molecule has 218 valence electrons. The largest absolute Gasteiger partial charge is 0.460 e. The number of carbonyl (C=O) groups excluding carboxylic acids is 2. The highest BCUT2D eigenvalue weighted by Crippen LogP contribution is 2.71. The summed E-state index contributed by atoms with van der Waals surface area (Å²) in [5.41, 5.74) is -5.51. The number of ether oxygens (including phenoxy) is 2. The van der Waals surface area contributed by atoms with E-state index >= 15 is 0 Å². The van der Waals surface area contributed by atoms with Gasteiger partial charge in [0.05, 0.1) is 11.5 Å². The van der Waals surface area contributed by atoms with E-state index in [9.17, 15) is 30.0 Å². The third kappa shape index (κ3) is 4.02. The summed E-state index contributed by atoms with van der Waals surface area (Å²) in [5, 5.41) is 47.8. The van der Waals surface area contributed by atoms with Crippen LogP contribution >= 0.6 is 0 Å². The number of rotatable bonds is 5. The Morgan fingerprint density at radius 1 is 1.07 bits per heavy atom. The molecule has 3 saturated carbocycles. The third-order valence-corrected chi connectivity index (χ3v) is 11.1. The van der Waals surface area contributed by atoms with Crippen molar-refractivity contribution < 1.29 is 39.5 Å². The van der Waals surface area contributed by atoms with Crippen LogP contribution in [0.25, 0.3) is 6.08 Å². The van der Waals surface area contributed by atoms with Crippen molar-refractivity contribution in [1.82, 2.24) is 0 Å². The van der Waals surface area contributed by atoms with Gasteiger partial charge in [0.15, 0.2) is 0 Å². The summed E-state index contributed by atoms with van der Waals surface area (Å²) in [4.78, 5) is 25.2. The predicted octanol–water partition coefficient (Wildman–Crippen LogP) is 3.46. The normalized spacial score (nSPS) is 43.2. The molecule has 5 rings (SSSR count). The minimum atomic E-state index is -1.86. The number of esters is 2. The van der Waals surface area contributed by atoms with E-state index in [-0.39, 0.29) is 25.7 Å². The van der Waals surface area contributed by atoms with Crippen LogP contribution in [0.1, 0.15) is 78.2 Å². The van der Waals surface area contributed by atoms with E-state index < -0.39 is 63.8 Å². The van der Waals surface area contributed by atoms with Crippen LogP contribution in [0.3, 0.4) is 0 Å². The molecule has 8 nitrogen and oxygen atoms in total. The summed E-state index contributed by atoms with van der Waals surface area (Å²) in [6, 6.07) is 9.31. The first-order chi connectivity index (χ1) is 18.7. The van der Waals surface area contributed by atoms with Crippen molar-refractivity contribution in [2.45, 2.75) is 108 Å². The maximum absolute atomic E-state index is 13.3. The molecule has 2 unspecified atom stereocenters. The van der Waals surface area contributed by atoms with Crippen LogP contribution in [0.2, 0.25) is 0 Å². The minimum absolute atomic E-state index is 0.0361. The first kappa shape index (κ1) is 29.0. The molecule has 8 heteroatoms. The Labute approximate surface area is 235 Å². The van der Waals surface area contributed by atoms with E-state index in [1.54, 1.807) is 19.9 Å². The van der Waals surface area contributed by atoms with E-state index in [1.807, 2.05) is 36.4 Å². The zero-order valence-electron chi connectivity index (χ0n) is 23.8. The smallest absolute Gasteiger partial charge is 0.331 e. The third-order valence-electron chi connectivity index (χ3n) is 11.1. The quantitative estimate of drug-likeness (QED) is 0.247. The average Bonchev–Trinajstić information content (AvgIpc) is 3.14. The van der Waals surface area contributed by atoms with Gasteiger partial charge in [0.25, 0.3) is 0 Å². The second-order valence-corrected chi connectivity index (χ2v) is 12.9. The molecule has 0 heterocycles. The molecular formula is C32H42O8. The summed E-state index contributed by atoms with van der Waals surface area (Å²) in [7, 11) is 0. The van der Waals surface area contributed by atoms with E-state index in [0.29, 0.717) is 19.3 Å². The Balaban J connectivity index is 1.59. The van der Waals surface area contributed by atoms with Gasteiger partial charge in [-0.05, 0) is 68.9 Å². The molecular weight excluding hydrogens is 512 g/mol. The number of fused-ring (bicyclic) bond motifs is 5. The van der Waals surface area contributed by atoms with E-state index in [4.69, 9.17) is 9.47 Å². The highest BCUT2D eigenvalue weighted by atomic mass is 16.6. The van der Waals surface area contributed by atoms with Crippen molar-refractivity contribution in [2.24, 2.45) is 16.7 Å². The van der Waals surface area contributed by atoms with Gasteiger partial charge < -0.3 is 29.9 Å². The zero-order valence-corrected chi connectivity index (χ0v) is 23.8. The number of benzene rings is 1. The monoisotopic (exact) mass is 554 g/mol. The number of hydrogen-bond donors (Lipinski definition) is 4. The van der Waals surface area contributed by atoms with Crippen molar-refractivity contribution >= 4 is 18.0 Å². The maximum atomic E-state index is 13.3. The highest BCUT2D eigenvalue weighted by molar-refractivity contribution is 5.87. The Bertz CT molecular complexity index is 1230. The molecule has 0 saturated heterocycles. The molecule has 40 heavy (non-hydrogen) atoms. The molecule has 9 atom stereocenters. The van der Waals surface area contributed by atoms with Gasteiger partial charge in [-0.2, -0.15) is 0 Å². The van der Waals surface area contributed by atoms with Gasteiger partial charge in [0.1, 0.15) is 29.0 Å². The summed E-state index contributed by atoms with van der Waals surface area (Å²) in [5.74, 6) is -1.70. The maximum Gasteiger partial charge on any atom is 0.331 e. The predicted molar refractivity (Wildman–Crippen MR) is 148 cm³/mol. The molecule has 4 N–H and O–H groups in total. The van der Waals surface area contributed by atoms with Gasteiger partial charge in [-0.25, -0.2) is 4.79 Å². The van der Waals surface area contributed by atoms with Crippen LogP contribution in [-0.4, -0.2) is 67.5 Å². The molecule has 0 spiro atoms. The van der Waals surface area contributed by atoms with Crippen molar-refractivity contribution in [3.8, 4) is 0 Å². The topological polar surface area (TPSA) is 134 Å². The lowest BCUT2D eigenvalue weighted by Crippen LogP contribution is -2.78. The number of carbonyl (C=O) groups is 2. The summed E-state index contributed by atoms with van der Waals surface area (Å²) >= 11 is 0. The number of aliphatic hydroxyl groups excluding tert-OH is 1. The standard InChI is InChI=1S/C32H42O8/c1-20(39-21(2)33)30(36)16-17-32(38)29(30,4)26(40-27(35)11-10-22-8-6-5-7-9-22)19-25-28(3)14-13-24(34)18-23(28)12-15-31(25,32)37/h5-12,20,24-26,34,36-38H,13-19H2,1-4H3/b11-10+/t20?,24-,25+,26?,28-,29+,30+,31-,32+/m0/s1. The Morgan fingerprint density at radius 2 is 1.77 bits per heavy atom. The van der Waals surface area contributed by atoms with Gasteiger partial charge >= 0.3 is 11.9 Å². The van der Waals surface area contributed by atoms with Gasteiger partial charge in [-0.1, -0.05) is 55.8 Å². The molecule has 1 aromatic rings. The molecule has 0 amide bonds. The lowest BCUT2D eigenvalue weighted by molar-refractivity contribution is -0.326. The fraction of sp³-hybridized carbons (Fsp3) is 0.625. The van der Waals surface area contributed by atoms with Crippen LogP contribution in [0, 0.1) is 16.7 Å². The molecule has 0 radical (unpaired) electrons. The summed E-state index contributed by atoms with van der Waals surface area (Å²) in [6.07, 6.45) is 4.53. The number of hydrogen-bond acceptors (Lipinski definition) is 8. The second-order valence-electron chi connectivity index (χ2n) is 12.9. The average molecular weight is 555 g/mol. The first-order valence-electron chi connectivity index (χ1n) is 14.4. The molecule has 3 fully saturated rings. The second kappa shape index (κ2) is 9.79. The Kier molecular flexibility index (Phi) is 7.10. The SMILES string of the molecule is CC(=O)OC(C)[C@]1(O)CC[C@@]2(O)[C@]1(C)C(OC(=O)/C=C/c1ccccc1)C[C@@H]1[C@@]3(C)CC[C@H](O)CC3=CC[C@]12O. The molecule has 4 aliphatic rings. The fourth-order valence-corrected chi connectivity index (χ4v) is 8.75. The van der Waals surface area contributed by atoms with Crippen molar-refractivity contribution in [3.63, 3.8) is 0 Å². The molecule has 4 aliphatic carbocycles. The lowest BCUT2D eigenvalue weighted by Gasteiger charge is -2.67. The Morgan fingerprint density at radius 3 is 2.45 bits per heavy atom. The van der Waals surface area contributed by atoms with E-state index in [1.165, 1.54) is 13.0 Å². The number of aliphatic hydroxyl groups is 4. The van der Waals surface area contributed by atoms with Crippen LogP contribution in [0.15, 0.2) is 48.1 Å². The Hall–Kier alpha value is -2.52. The first-order valence-corrected chi connectivity index (χ1v) is 14.4. The molecule has 0 bridgehead atoms. The van der Waals surface area contributed by atoms with Crippen LogP contribution in [0.4, 0.5) is 0 Å². The van der Waals surface area contributed by atoms with Crippen molar-refractivity contribution in [1.29, 1.82) is 0 Å². The van der Waals surface area contributed by atoms with Gasteiger partial charge in [0, 0.05) is 18.9 Å². The molecule has 0 aliphatic heterocycles. The minimum Gasteiger partial charge on any atom is -0.460 e. The van der Waals surface area contributed by atoms with Gasteiger partial charge in [0.2, 0.25) is 0 Å². The van der Waals surface area contributed by atoms with Gasteiger partial charge in [-0.15, -0.1) is 0 Å². The van der Waals surface area contributed by atoms with E-state index in [2.05, 4.69) is 6.92 Å². The summed E-state index contributed by atoms with van der Waals surface area (Å²) in [6.45, 7) is 6.54. The fourth-order valence-electron chi connectivity index (χ4n) is 8.75. The van der Waals surface area contributed by atoms with Crippen LogP contribution in [-0.2, 0) is 19.1 Å². The lowest BCUT2D eigenvalue weighted by atomic mass is 9.42. The van der Waals surface area contributed by atoms with Crippen molar-refractivity contribution in [2.75, 3.05) is 0 Å².